The summed E-state index contributed by atoms with van der Waals surface area (Å²) in [5, 5.41) is 2.87. The molecule has 0 aromatic rings. The Hall–Kier alpha value is -0.770. The summed E-state index contributed by atoms with van der Waals surface area (Å²) in [7, 11) is 0. The largest absolute Gasteiger partial charge is 0.447 e. The zero-order valence-corrected chi connectivity index (χ0v) is 8.01. The number of carbonyl (C=O) groups excluding carboxylic acids is 1. The van der Waals surface area contributed by atoms with Crippen molar-refractivity contribution in [3.63, 3.8) is 0 Å². The molecule has 0 aromatic heterocycles. The van der Waals surface area contributed by atoms with Gasteiger partial charge < -0.3 is 10.1 Å². The molecule has 1 amide bonds. The van der Waals surface area contributed by atoms with E-state index < -0.39 is 0 Å². The smallest absolute Gasteiger partial charge is 0.407 e. The van der Waals surface area contributed by atoms with Crippen LogP contribution in [0.1, 0.15) is 19.8 Å². The number of ether oxygens (including phenoxy) is 1. The van der Waals surface area contributed by atoms with Crippen LogP contribution < -0.4 is 5.32 Å². The van der Waals surface area contributed by atoms with Crippen molar-refractivity contribution in [1.82, 2.24) is 10.2 Å². The van der Waals surface area contributed by atoms with E-state index in [0.717, 1.165) is 19.6 Å². The lowest BCUT2D eigenvalue weighted by Crippen LogP contribution is -2.68. The lowest BCUT2D eigenvalue weighted by Gasteiger charge is -2.46. The van der Waals surface area contributed by atoms with Crippen LogP contribution >= 0.6 is 0 Å². The maximum Gasteiger partial charge on any atom is 0.407 e. The van der Waals surface area contributed by atoms with Crippen LogP contribution in [0.25, 0.3) is 0 Å². The van der Waals surface area contributed by atoms with Gasteiger partial charge >= 0.3 is 6.09 Å². The number of amides is 1. The van der Waals surface area contributed by atoms with Gasteiger partial charge in [0.25, 0.3) is 0 Å². The number of hydrogen-bond donors (Lipinski definition) is 1. The highest BCUT2D eigenvalue weighted by atomic mass is 16.6. The molecule has 13 heavy (non-hydrogen) atoms. The summed E-state index contributed by atoms with van der Waals surface area (Å²) < 4.78 is 4.89. The lowest BCUT2D eigenvalue weighted by molar-refractivity contribution is 0.0450. The zero-order chi connectivity index (χ0) is 9.31. The second-order valence-electron chi connectivity index (χ2n) is 4.05. The Morgan fingerprint density at radius 1 is 1.62 bits per heavy atom. The third-order valence-corrected chi connectivity index (χ3v) is 2.73. The van der Waals surface area contributed by atoms with Gasteiger partial charge in [0.05, 0.1) is 0 Å². The van der Waals surface area contributed by atoms with Crippen molar-refractivity contribution in [2.24, 2.45) is 0 Å². The molecule has 0 aromatic carbocycles. The summed E-state index contributed by atoms with van der Waals surface area (Å²) in [5.41, 5.74) is -0.0369. The first-order valence-corrected chi connectivity index (χ1v) is 4.91. The van der Waals surface area contributed by atoms with Gasteiger partial charge in [-0.15, -0.1) is 0 Å². The zero-order valence-electron chi connectivity index (χ0n) is 8.01. The van der Waals surface area contributed by atoms with Gasteiger partial charge in [-0.2, -0.15) is 0 Å². The van der Waals surface area contributed by atoms with Crippen LogP contribution in [0, 0.1) is 0 Å². The molecule has 2 heterocycles. The van der Waals surface area contributed by atoms with E-state index in [9.17, 15) is 4.79 Å². The average molecular weight is 184 g/mol. The molecule has 4 heteroatoms. The Bertz CT molecular complexity index is 212. The maximum atomic E-state index is 10.8. The van der Waals surface area contributed by atoms with Crippen molar-refractivity contribution in [1.29, 1.82) is 0 Å². The summed E-state index contributed by atoms with van der Waals surface area (Å²) in [4.78, 5) is 13.2. The summed E-state index contributed by atoms with van der Waals surface area (Å²) >= 11 is 0. The molecule has 0 unspecified atom stereocenters. The minimum Gasteiger partial charge on any atom is -0.447 e. The Morgan fingerprint density at radius 2 is 2.38 bits per heavy atom. The van der Waals surface area contributed by atoms with Crippen molar-refractivity contribution in [3.05, 3.63) is 0 Å². The lowest BCUT2D eigenvalue weighted by atomic mass is 9.91. The number of hydrogen-bond acceptors (Lipinski definition) is 3. The maximum absolute atomic E-state index is 10.8. The molecule has 0 saturated carbocycles. The Labute approximate surface area is 78.2 Å². The van der Waals surface area contributed by atoms with Crippen LogP contribution in [0.2, 0.25) is 0 Å². The van der Waals surface area contributed by atoms with Gasteiger partial charge in [-0.25, -0.2) is 4.79 Å². The molecule has 1 N–H and O–H groups in total. The van der Waals surface area contributed by atoms with Gasteiger partial charge in [-0.3, -0.25) is 4.90 Å². The molecule has 0 aliphatic carbocycles. The second-order valence-corrected chi connectivity index (χ2v) is 4.05. The minimum atomic E-state index is -0.254. The Kier molecular flexibility index (Phi) is 2.15. The molecule has 0 bridgehead atoms. The predicted octanol–water partition coefficient (Wildman–Crippen LogP) is 0.581. The van der Waals surface area contributed by atoms with Gasteiger partial charge in [0, 0.05) is 13.1 Å². The highest BCUT2D eigenvalue weighted by Gasteiger charge is 2.48. The van der Waals surface area contributed by atoms with E-state index in [-0.39, 0.29) is 11.6 Å². The number of nitrogens with zero attached hydrogens (tertiary/aromatic N) is 1. The van der Waals surface area contributed by atoms with Crippen molar-refractivity contribution in [2.75, 3.05) is 26.2 Å². The molecular weight excluding hydrogens is 168 g/mol. The van der Waals surface area contributed by atoms with E-state index in [2.05, 4.69) is 17.1 Å². The summed E-state index contributed by atoms with van der Waals surface area (Å²) in [6, 6.07) is 0. The van der Waals surface area contributed by atoms with E-state index in [1.807, 2.05) is 0 Å². The number of cyclic esters (lactones) is 1. The highest BCUT2D eigenvalue weighted by molar-refractivity contribution is 5.71. The first-order chi connectivity index (χ1) is 6.24. The number of alkyl carbamates (subject to hydrolysis) is 1. The normalized spacial score (nSPS) is 25.5. The van der Waals surface area contributed by atoms with Crippen LogP contribution in [-0.2, 0) is 4.74 Å². The molecule has 0 atom stereocenters. The highest BCUT2D eigenvalue weighted by Crippen LogP contribution is 2.25. The van der Waals surface area contributed by atoms with Crippen LogP contribution in [0.4, 0.5) is 4.79 Å². The third kappa shape index (κ3) is 1.63. The van der Waals surface area contributed by atoms with E-state index >= 15 is 0 Å². The Balaban J connectivity index is 1.74. The molecule has 2 rings (SSSR count). The first-order valence-electron chi connectivity index (χ1n) is 4.91. The van der Waals surface area contributed by atoms with Crippen molar-refractivity contribution in [3.8, 4) is 0 Å². The monoisotopic (exact) mass is 184 g/mol. The SMILES string of the molecule is CCCCN1CC2(COC(=O)N2)C1. The molecular formula is C9H16N2O2. The van der Waals surface area contributed by atoms with E-state index in [4.69, 9.17) is 4.74 Å². The van der Waals surface area contributed by atoms with Crippen LogP contribution in [0.3, 0.4) is 0 Å². The molecule has 1 spiro atoms. The molecule has 2 aliphatic heterocycles. The fourth-order valence-electron chi connectivity index (χ4n) is 2.01. The third-order valence-electron chi connectivity index (χ3n) is 2.73. The van der Waals surface area contributed by atoms with E-state index in [1.54, 1.807) is 0 Å². The molecule has 74 valence electrons. The van der Waals surface area contributed by atoms with Gasteiger partial charge in [0.15, 0.2) is 0 Å². The van der Waals surface area contributed by atoms with Crippen molar-refractivity contribution in [2.45, 2.75) is 25.3 Å². The number of unbranched alkanes of at least 4 members (excludes halogenated alkanes) is 1. The summed E-state index contributed by atoms with van der Waals surface area (Å²) in [6.45, 7) is 5.80. The van der Waals surface area contributed by atoms with Crippen molar-refractivity contribution >= 4 is 6.09 Å². The topological polar surface area (TPSA) is 41.6 Å². The fourth-order valence-corrected chi connectivity index (χ4v) is 2.01. The van der Waals surface area contributed by atoms with Gasteiger partial charge in [0.1, 0.15) is 12.1 Å². The molecule has 2 fully saturated rings. The summed E-state index contributed by atoms with van der Waals surface area (Å²) in [5.74, 6) is 0. The van der Waals surface area contributed by atoms with Crippen LogP contribution in [-0.4, -0.2) is 42.8 Å². The number of carbonyl (C=O) groups is 1. The Morgan fingerprint density at radius 3 is 2.92 bits per heavy atom. The van der Waals surface area contributed by atoms with Crippen molar-refractivity contribution < 1.29 is 9.53 Å². The van der Waals surface area contributed by atoms with E-state index in [1.165, 1.54) is 12.8 Å². The number of rotatable bonds is 3. The van der Waals surface area contributed by atoms with Gasteiger partial charge in [-0.1, -0.05) is 13.3 Å². The quantitative estimate of drug-likeness (QED) is 0.697. The molecule has 2 saturated heterocycles. The fraction of sp³-hybridized carbons (Fsp3) is 0.889. The average Bonchev–Trinajstić information content (AvgIpc) is 2.42. The number of nitrogens with one attached hydrogen (secondary N) is 1. The van der Waals surface area contributed by atoms with Gasteiger partial charge in [0.2, 0.25) is 0 Å². The molecule has 4 nitrogen and oxygen atoms in total. The minimum absolute atomic E-state index is 0.0369. The predicted molar refractivity (Wildman–Crippen MR) is 48.6 cm³/mol. The van der Waals surface area contributed by atoms with E-state index in [0.29, 0.717) is 6.61 Å². The molecule has 2 aliphatic rings. The van der Waals surface area contributed by atoms with Gasteiger partial charge in [-0.05, 0) is 13.0 Å². The summed E-state index contributed by atoms with van der Waals surface area (Å²) in [6.07, 6.45) is 2.21. The molecule has 0 radical (unpaired) electrons. The first kappa shape index (κ1) is 8.81. The van der Waals surface area contributed by atoms with Crippen LogP contribution in [0.5, 0.6) is 0 Å². The standard InChI is InChI=1S/C9H16N2O2/c1-2-3-4-11-5-9(6-11)7-13-8(12)10-9/h2-7H2,1H3,(H,10,12). The number of likely N-dealkylation sites (tertiary alicyclic amines) is 1. The van der Waals surface area contributed by atoms with Crippen LogP contribution in [0.15, 0.2) is 0 Å². The second kappa shape index (κ2) is 3.18.